The summed E-state index contributed by atoms with van der Waals surface area (Å²) in [5.74, 6) is -10.9. The fraction of sp³-hybridized carbons (Fsp3) is 0.500. The zero-order valence-corrected chi connectivity index (χ0v) is 32.1. The van der Waals surface area contributed by atoms with E-state index in [-0.39, 0.29) is 90.4 Å². The van der Waals surface area contributed by atoms with Gasteiger partial charge in [-0.15, -0.1) is 10.1 Å². The van der Waals surface area contributed by atoms with Crippen LogP contribution in [0.3, 0.4) is 0 Å². The molecular weight excluding hydrogens is 800 g/mol. The standard InChI is InChI=1S/C36H42N8O16/c45-21(5-3-19-41-23(47)9-10-24(41)48)39-33(35(57)37-17-1-7-31(55)59-43-27(51)13-14-28(43)52)34(40-22(46)6-4-20-42-25(49)11-12-26(42)50)36(58)38-18-2-8-32(56)60-44-29(53)15-16-30(44)54/h9-12,33-34H,1-8,13-20H2,(H,37,57)(H,38,58)(H,39,45)(H,40,46). The minimum Gasteiger partial charge on any atom is -0.354 e. The topological polar surface area (TPSA) is 319 Å². The van der Waals surface area contributed by atoms with E-state index < -0.39 is 108 Å². The van der Waals surface area contributed by atoms with Gasteiger partial charge in [-0.05, 0) is 25.7 Å². The van der Waals surface area contributed by atoms with Gasteiger partial charge in [0.05, 0.1) is 0 Å². The Hall–Kier alpha value is -7.14. The molecule has 24 nitrogen and oxygen atoms in total. The highest BCUT2D eigenvalue weighted by molar-refractivity contribution is 6.13. The van der Waals surface area contributed by atoms with Crippen molar-refractivity contribution in [2.75, 3.05) is 26.2 Å². The van der Waals surface area contributed by atoms with E-state index in [9.17, 15) is 67.1 Å². The van der Waals surface area contributed by atoms with Gasteiger partial charge in [-0.2, -0.15) is 0 Å². The van der Waals surface area contributed by atoms with Gasteiger partial charge in [-0.3, -0.25) is 67.3 Å². The molecule has 4 heterocycles. The minimum atomic E-state index is -1.87. The van der Waals surface area contributed by atoms with Crippen molar-refractivity contribution in [3.63, 3.8) is 0 Å². The Balaban J connectivity index is 1.43. The molecule has 0 saturated carbocycles. The third-order valence-corrected chi connectivity index (χ3v) is 9.02. The first-order valence-electron chi connectivity index (χ1n) is 18.9. The number of imide groups is 4. The zero-order valence-electron chi connectivity index (χ0n) is 32.1. The second-order valence-corrected chi connectivity index (χ2v) is 13.5. The molecule has 0 bridgehead atoms. The van der Waals surface area contributed by atoms with Crippen LogP contribution >= 0.6 is 0 Å². The molecule has 24 heteroatoms. The van der Waals surface area contributed by atoms with E-state index in [0.29, 0.717) is 10.1 Å². The Labute approximate surface area is 340 Å². The molecule has 2 saturated heterocycles. The van der Waals surface area contributed by atoms with Crippen molar-refractivity contribution in [3.05, 3.63) is 24.3 Å². The molecule has 2 atom stereocenters. The number of amides is 12. The Morgan fingerprint density at radius 1 is 0.483 bits per heavy atom. The average molecular weight is 843 g/mol. The monoisotopic (exact) mass is 842 g/mol. The Morgan fingerprint density at radius 2 is 0.800 bits per heavy atom. The molecule has 0 aromatic heterocycles. The molecule has 0 radical (unpaired) electrons. The van der Waals surface area contributed by atoms with E-state index in [1.807, 2.05) is 0 Å². The van der Waals surface area contributed by atoms with Gasteiger partial charge in [0, 0.05) is 102 Å². The number of hydrogen-bond acceptors (Lipinski definition) is 16. The molecular formula is C36H42N8O16. The van der Waals surface area contributed by atoms with Crippen LogP contribution in [0, 0.1) is 0 Å². The van der Waals surface area contributed by atoms with E-state index in [1.54, 1.807) is 0 Å². The minimum absolute atomic E-state index is 0.0692. The number of nitrogens with zero attached hydrogens (tertiary/aromatic N) is 4. The van der Waals surface area contributed by atoms with Crippen molar-refractivity contribution >= 4 is 82.8 Å². The summed E-state index contributed by atoms with van der Waals surface area (Å²) in [5.41, 5.74) is 0. The molecule has 60 heavy (non-hydrogen) atoms. The van der Waals surface area contributed by atoms with Crippen molar-refractivity contribution < 1.29 is 76.8 Å². The van der Waals surface area contributed by atoms with E-state index in [2.05, 4.69) is 21.3 Å². The zero-order chi connectivity index (χ0) is 43.9. The quantitative estimate of drug-likeness (QED) is 0.0570. The summed E-state index contributed by atoms with van der Waals surface area (Å²) < 4.78 is 0. The number of hydrogen-bond donors (Lipinski definition) is 4. The summed E-state index contributed by atoms with van der Waals surface area (Å²) in [6.45, 7) is -0.903. The summed E-state index contributed by atoms with van der Waals surface area (Å²) in [6, 6.07) is -3.74. The molecule has 0 aromatic rings. The molecule has 2 unspecified atom stereocenters. The van der Waals surface area contributed by atoms with Crippen molar-refractivity contribution in [2.24, 2.45) is 0 Å². The van der Waals surface area contributed by atoms with Crippen LogP contribution in [0.2, 0.25) is 0 Å². The van der Waals surface area contributed by atoms with E-state index in [1.165, 1.54) is 0 Å². The number of rotatable bonds is 23. The van der Waals surface area contributed by atoms with Crippen molar-refractivity contribution in [2.45, 2.75) is 89.1 Å². The SMILES string of the molecule is O=C(CCCN1C(=O)C=CC1=O)NC(C(=O)NCCCC(=O)ON1C(=O)CCC1=O)C(NC(=O)CCCN1C(=O)C=CC1=O)C(=O)NCCCC(=O)ON1C(=O)CCC1=O. The van der Waals surface area contributed by atoms with Crippen LogP contribution in [0.5, 0.6) is 0 Å². The van der Waals surface area contributed by atoms with Gasteiger partial charge in [0.25, 0.3) is 47.3 Å². The summed E-state index contributed by atoms with van der Waals surface area (Å²) in [5, 5.41) is 10.3. The summed E-state index contributed by atoms with van der Waals surface area (Å²) in [6.07, 6.45) is 1.78. The first kappa shape index (κ1) is 45.6. The summed E-state index contributed by atoms with van der Waals surface area (Å²) in [7, 11) is 0. The van der Waals surface area contributed by atoms with E-state index in [0.717, 1.165) is 34.1 Å². The van der Waals surface area contributed by atoms with E-state index in [4.69, 9.17) is 9.68 Å². The highest BCUT2D eigenvalue weighted by Crippen LogP contribution is 2.14. The summed E-state index contributed by atoms with van der Waals surface area (Å²) in [4.78, 5) is 184. The van der Waals surface area contributed by atoms with Crippen LogP contribution in [0.1, 0.15) is 77.0 Å². The van der Waals surface area contributed by atoms with Crippen molar-refractivity contribution in [1.82, 2.24) is 41.2 Å². The molecule has 2 fully saturated rings. The number of hydroxylamine groups is 4. The highest BCUT2D eigenvalue weighted by Gasteiger charge is 2.37. The molecule has 0 spiro atoms. The lowest BCUT2D eigenvalue weighted by molar-refractivity contribution is -0.197. The maximum absolute atomic E-state index is 13.7. The van der Waals surface area contributed by atoms with Gasteiger partial charge in [0.2, 0.25) is 23.6 Å². The number of carbonyl (C=O) groups excluding carboxylic acids is 14. The van der Waals surface area contributed by atoms with Crippen LogP contribution < -0.4 is 21.3 Å². The third-order valence-electron chi connectivity index (χ3n) is 9.02. The highest BCUT2D eigenvalue weighted by atomic mass is 16.7. The van der Waals surface area contributed by atoms with Crippen LogP contribution in [0.4, 0.5) is 0 Å². The molecule has 12 amide bonds. The van der Waals surface area contributed by atoms with Crippen molar-refractivity contribution in [3.8, 4) is 0 Å². The Bertz CT molecular complexity index is 1710. The molecule has 0 aliphatic carbocycles. The lowest BCUT2D eigenvalue weighted by atomic mass is 10.0. The predicted octanol–water partition coefficient (Wildman–Crippen LogP) is -3.63. The molecule has 322 valence electrons. The van der Waals surface area contributed by atoms with E-state index >= 15 is 0 Å². The van der Waals surface area contributed by atoms with Gasteiger partial charge >= 0.3 is 11.9 Å². The van der Waals surface area contributed by atoms with Crippen LogP contribution in [0.15, 0.2) is 24.3 Å². The maximum Gasteiger partial charge on any atom is 0.333 e. The first-order chi connectivity index (χ1) is 28.5. The Kier molecular flexibility index (Phi) is 16.4. The fourth-order valence-electron chi connectivity index (χ4n) is 5.91. The predicted molar refractivity (Wildman–Crippen MR) is 193 cm³/mol. The molecule has 4 rings (SSSR count). The largest absolute Gasteiger partial charge is 0.354 e. The molecule has 4 aliphatic rings. The number of nitrogens with one attached hydrogen (secondary N) is 4. The normalized spacial score (nSPS) is 17.1. The van der Waals surface area contributed by atoms with Gasteiger partial charge < -0.3 is 30.9 Å². The molecule has 4 N–H and O–H groups in total. The second kappa shape index (κ2) is 21.6. The Morgan fingerprint density at radius 3 is 1.12 bits per heavy atom. The third kappa shape index (κ3) is 12.9. The van der Waals surface area contributed by atoms with Crippen LogP contribution in [-0.2, 0) is 76.8 Å². The van der Waals surface area contributed by atoms with Gasteiger partial charge in [-0.1, -0.05) is 0 Å². The van der Waals surface area contributed by atoms with Crippen LogP contribution in [-0.4, -0.2) is 141 Å². The van der Waals surface area contributed by atoms with Crippen LogP contribution in [0.25, 0.3) is 0 Å². The maximum atomic E-state index is 13.7. The molecule has 0 aromatic carbocycles. The fourth-order valence-corrected chi connectivity index (χ4v) is 5.91. The smallest absolute Gasteiger partial charge is 0.333 e. The average Bonchev–Trinajstić information content (AvgIpc) is 3.92. The van der Waals surface area contributed by atoms with Crippen molar-refractivity contribution in [1.29, 1.82) is 0 Å². The number of carbonyl (C=O) groups is 14. The van der Waals surface area contributed by atoms with Gasteiger partial charge in [0.15, 0.2) is 0 Å². The lowest BCUT2D eigenvalue weighted by Crippen LogP contribution is -2.63. The second-order valence-electron chi connectivity index (χ2n) is 13.5. The first-order valence-corrected chi connectivity index (χ1v) is 18.9. The van der Waals surface area contributed by atoms with Gasteiger partial charge in [-0.25, -0.2) is 9.59 Å². The molecule has 4 aliphatic heterocycles. The van der Waals surface area contributed by atoms with Gasteiger partial charge in [0.1, 0.15) is 12.1 Å². The lowest BCUT2D eigenvalue weighted by Gasteiger charge is -2.28. The summed E-state index contributed by atoms with van der Waals surface area (Å²) >= 11 is 0.